The maximum absolute atomic E-state index is 12.2. The van der Waals surface area contributed by atoms with Crippen molar-refractivity contribution < 1.29 is 9.53 Å². The molecule has 0 aliphatic carbocycles. The summed E-state index contributed by atoms with van der Waals surface area (Å²) in [5.74, 6) is -0.0842. The number of pyridine rings is 1. The molecule has 0 unspecified atom stereocenters. The van der Waals surface area contributed by atoms with Gasteiger partial charge in [0.1, 0.15) is 22.4 Å². The van der Waals surface area contributed by atoms with E-state index in [2.05, 4.69) is 48.2 Å². The number of nitrogens with zero attached hydrogens (tertiary/aromatic N) is 4. The zero-order valence-corrected chi connectivity index (χ0v) is 21.9. The summed E-state index contributed by atoms with van der Waals surface area (Å²) in [5, 5.41) is 0.612. The number of fused-ring (bicyclic) bond motifs is 1. The van der Waals surface area contributed by atoms with Crippen LogP contribution in [0.3, 0.4) is 0 Å². The van der Waals surface area contributed by atoms with E-state index in [1.165, 1.54) is 16.9 Å². The third-order valence-corrected chi connectivity index (χ3v) is 7.27. The predicted molar refractivity (Wildman–Crippen MR) is 142 cm³/mol. The lowest BCUT2D eigenvalue weighted by Crippen LogP contribution is -2.28. The molecule has 1 atom stereocenters. The first kappa shape index (κ1) is 25.2. The van der Waals surface area contributed by atoms with E-state index in [-0.39, 0.29) is 6.10 Å². The summed E-state index contributed by atoms with van der Waals surface area (Å²) in [6.45, 7) is 4.69. The number of aromatic nitrogens is 2. The molecule has 1 amide bonds. The first-order valence-electron chi connectivity index (χ1n) is 11.4. The molecule has 4 rings (SSSR count). The number of imidazole rings is 1. The number of carbonyl (C=O) groups is 1. The van der Waals surface area contributed by atoms with Crippen molar-refractivity contribution in [2.45, 2.75) is 19.6 Å². The topological polar surface area (TPSA) is 76.1 Å². The molecule has 3 heterocycles. The summed E-state index contributed by atoms with van der Waals surface area (Å²) in [6, 6.07) is 13.5. The number of thiophene rings is 1. The van der Waals surface area contributed by atoms with E-state index >= 15 is 0 Å². The van der Waals surface area contributed by atoms with E-state index in [1.807, 2.05) is 53.9 Å². The Balaban J connectivity index is 1.63. The molecular formula is C26H30ClN5O2S. The minimum atomic E-state index is -0.528. The van der Waals surface area contributed by atoms with Crippen LogP contribution in [0.5, 0.6) is 5.75 Å². The normalized spacial score (nSPS) is 12.5. The van der Waals surface area contributed by atoms with Gasteiger partial charge in [0.25, 0.3) is 5.91 Å². The molecule has 0 bridgehead atoms. The van der Waals surface area contributed by atoms with E-state index < -0.39 is 5.91 Å². The molecule has 0 saturated heterocycles. The van der Waals surface area contributed by atoms with Crippen LogP contribution in [0.25, 0.3) is 16.2 Å². The van der Waals surface area contributed by atoms with Gasteiger partial charge in [0.15, 0.2) is 0 Å². The average molecular weight is 512 g/mol. The first-order valence-corrected chi connectivity index (χ1v) is 12.6. The van der Waals surface area contributed by atoms with Crippen LogP contribution in [0.1, 0.15) is 33.8 Å². The third kappa shape index (κ3) is 5.85. The van der Waals surface area contributed by atoms with Gasteiger partial charge in [0.05, 0.1) is 16.8 Å². The molecule has 4 aromatic rings. The van der Waals surface area contributed by atoms with Crippen LogP contribution in [-0.4, -0.2) is 59.3 Å². The highest BCUT2D eigenvalue weighted by atomic mass is 35.5. The summed E-state index contributed by atoms with van der Waals surface area (Å²) >= 11 is 7.64. The highest BCUT2D eigenvalue weighted by Gasteiger charge is 2.21. The van der Waals surface area contributed by atoms with Crippen molar-refractivity contribution in [1.29, 1.82) is 0 Å². The average Bonchev–Trinajstić information content (AvgIpc) is 3.41. The highest BCUT2D eigenvalue weighted by Crippen LogP contribution is 2.39. The summed E-state index contributed by atoms with van der Waals surface area (Å²) in [7, 11) is 6.27. The van der Waals surface area contributed by atoms with E-state index in [0.717, 1.165) is 41.4 Å². The second kappa shape index (κ2) is 10.8. The molecule has 2 N–H and O–H groups in total. The Hall–Kier alpha value is -2.91. The number of primary amides is 1. The number of likely N-dealkylation sites (N-methyl/N-ethyl adjacent to an activating group) is 2. The molecule has 9 heteroatoms. The van der Waals surface area contributed by atoms with Crippen molar-refractivity contribution in [3.05, 3.63) is 75.9 Å². The van der Waals surface area contributed by atoms with Gasteiger partial charge in [-0.3, -0.25) is 9.20 Å². The predicted octanol–water partition coefficient (Wildman–Crippen LogP) is 4.95. The number of hydrogen-bond acceptors (Lipinski definition) is 6. The van der Waals surface area contributed by atoms with Gasteiger partial charge >= 0.3 is 0 Å². The molecule has 0 aliphatic rings. The maximum atomic E-state index is 12.2. The quantitative estimate of drug-likeness (QED) is 0.326. The number of hydrogen-bond donors (Lipinski definition) is 1. The van der Waals surface area contributed by atoms with Gasteiger partial charge in [-0.05, 0) is 45.8 Å². The molecule has 1 aromatic carbocycles. The molecule has 3 aromatic heterocycles. The number of carbonyl (C=O) groups excluding carboxylic acids is 1. The minimum Gasteiger partial charge on any atom is -0.484 e. The molecule has 0 radical (unpaired) electrons. The highest BCUT2D eigenvalue weighted by molar-refractivity contribution is 7.17. The number of ether oxygens (including phenoxy) is 1. The van der Waals surface area contributed by atoms with Gasteiger partial charge < -0.3 is 20.3 Å². The standard InChI is InChI=1S/C26H30ClN5O2S/c1-17(19-7-5-6-8-20(19)27)34-22-13-23(35-25(22)26(28)33)21-14-29-24-10-9-18(16-32(21)24)15-31(4)12-11-30(2)3/h5-10,13-14,16-17H,11-12,15H2,1-4H3,(H2,28,33)/t17-/m1/s1. The summed E-state index contributed by atoms with van der Waals surface area (Å²) in [5.41, 5.74) is 9.43. The Morgan fingerprint density at radius 2 is 1.97 bits per heavy atom. The van der Waals surface area contributed by atoms with Crippen LogP contribution in [0, 0.1) is 0 Å². The van der Waals surface area contributed by atoms with Crippen molar-refractivity contribution in [3.63, 3.8) is 0 Å². The molecular weight excluding hydrogens is 482 g/mol. The van der Waals surface area contributed by atoms with E-state index in [4.69, 9.17) is 22.1 Å². The van der Waals surface area contributed by atoms with Gasteiger partial charge in [-0.15, -0.1) is 11.3 Å². The smallest absolute Gasteiger partial charge is 0.262 e. The molecule has 35 heavy (non-hydrogen) atoms. The third-order valence-electron chi connectivity index (χ3n) is 5.77. The fourth-order valence-electron chi connectivity index (χ4n) is 3.88. The Kier molecular flexibility index (Phi) is 7.76. The van der Waals surface area contributed by atoms with Crippen molar-refractivity contribution in [3.8, 4) is 16.3 Å². The number of amides is 1. The molecule has 0 saturated carbocycles. The van der Waals surface area contributed by atoms with E-state index in [9.17, 15) is 4.79 Å². The summed E-state index contributed by atoms with van der Waals surface area (Å²) in [4.78, 5) is 22.5. The van der Waals surface area contributed by atoms with Crippen molar-refractivity contribution in [2.24, 2.45) is 5.73 Å². The zero-order chi connectivity index (χ0) is 25.1. The van der Waals surface area contributed by atoms with E-state index in [0.29, 0.717) is 15.6 Å². The van der Waals surface area contributed by atoms with Gasteiger partial charge in [0.2, 0.25) is 0 Å². The Bertz CT molecular complexity index is 1330. The number of nitrogens with two attached hydrogens (primary N) is 1. The summed E-state index contributed by atoms with van der Waals surface area (Å²) < 4.78 is 8.22. The monoisotopic (exact) mass is 511 g/mol. The lowest BCUT2D eigenvalue weighted by Gasteiger charge is -2.19. The molecule has 0 aliphatic heterocycles. The number of benzene rings is 1. The SMILES string of the molecule is C[C@@H](Oc1cc(-c2cnc3ccc(CN(C)CCN(C)C)cn23)sc1C(N)=O)c1ccccc1Cl. The van der Waals surface area contributed by atoms with Crippen molar-refractivity contribution >= 4 is 34.5 Å². The van der Waals surface area contributed by atoms with Crippen molar-refractivity contribution in [1.82, 2.24) is 19.2 Å². The number of rotatable bonds is 10. The number of halogens is 1. The van der Waals surface area contributed by atoms with Gasteiger partial charge in [0, 0.05) is 42.5 Å². The zero-order valence-electron chi connectivity index (χ0n) is 20.4. The molecule has 184 valence electrons. The second-order valence-electron chi connectivity index (χ2n) is 8.90. The van der Waals surface area contributed by atoms with Crippen LogP contribution in [0.15, 0.2) is 54.9 Å². The minimum absolute atomic E-state index is 0.351. The molecule has 7 nitrogen and oxygen atoms in total. The lowest BCUT2D eigenvalue weighted by molar-refractivity contribution is 0.0998. The largest absolute Gasteiger partial charge is 0.484 e. The van der Waals surface area contributed by atoms with Crippen LogP contribution < -0.4 is 10.5 Å². The van der Waals surface area contributed by atoms with Gasteiger partial charge in [-0.2, -0.15) is 0 Å². The van der Waals surface area contributed by atoms with Crippen LogP contribution >= 0.6 is 22.9 Å². The first-order chi connectivity index (χ1) is 16.7. The van der Waals surface area contributed by atoms with Crippen molar-refractivity contribution in [2.75, 3.05) is 34.2 Å². The molecule has 0 fully saturated rings. The fraction of sp³-hybridized carbons (Fsp3) is 0.308. The lowest BCUT2D eigenvalue weighted by atomic mass is 10.1. The van der Waals surface area contributed by atoms with Crippen LogP contribution in [-0.2, 0) is 6.54 Å². The summed E-state index contributed by atoms with van der Waals surface area (Å²) in [6.07, 6.45) is 3.56. The maximum Gasteiger partial charge on any atom is 0.262 e. The Morgan fingerprint density at radius 1 is 1.20 bits per heavy atom. The second-order valence-corrected chi connectivity index (χ2v) is 10.4. The Labute approximate surface area is 214 Å². The Morgan fingerprint density at radius 3 is 2.69 bits per heavy atom. The van der Waals surface area contributed by atoms with Gasteiger partial charge in [-0.1, -0.05) is 35.9 Å². The van der Waals surface area contributed by atoms with Gasteiger partial charge in [-0.25, -0.2) is 4.98 Å². The van der Waals surface area contributed by atoms with E-state index in [1.54, 1.807) is 0 Å². The molecule has 0 spiro atoms. The van der Waals surface area contributed by atoms with Crippen LogP contribution in [0.2, 0.25) is 5.02 Å². The van der Waals surface area contributed by atoms with Crippen LogP contribution in [0.4, 0.5) is 0 Å². The fourth-order valence-corrected chi connectivity index (χ4v) is 5.12.